The molecule has 0 aliphatic carbocycles. The summed E-state index contributed by atoms with van der Waals surface area (Å²) in [7, 11) is 0. The van der Waals surface area contributed by atoms with Gasteiger partial charge in [0, 0.05) is 16.5 Å². The van der Waals surface area contributed by atoms with Crippen LogP contribution in [0.25, 0.3) is 0 Å². The lowest BCUT2D eigenvalue weighted by Crippen LogP contribution is -2.35. The Morgan fingerprint density at radius 1 is 1.41 bits per heavy atom. The van der Waals surface area contributed by atoms with Gasteiger partial charge in [-0.3, -0.25) is 0 Å². The van der Waals surface area contributed by atoms with E-state index in [1.807, 2.05) is 13.0 Å². The summed E-state index contributed by atoms with van der Waals surface area (Å²) >= 11 is 1.72. The Kier molecular flexibility index (Phi) is 4.35. The number of hydrogen-bond acceptors (Lipinski definition) is 3. The number of hydrogen-bond donors (Lipinski definition) is 2. The molecule has 2 rings (SSSR count). The van der Waals surface area contributed by atoms with E-state index in [1.54, 1.807) is 11.8 Å². The fraction of sp³-hybridized carbons (Fsp3) is 0.571. The van der Waals surface area contributed by atoms with Gasteiger partial charge in [-0.1, -0.05) is 12.5 Å². The zero-order valence-electron chi connectivity index (χ0n) is 10.6. The van der Waals surface area contributed by atoms with E-state index in [1.165, 1.54) is 24.2 Å². The highest BCUT2D eigenvalue weighted by Crippen LogP contribution is 2.32. The van der Waals surface area contributed by atoms with Gasteiger partial charge in [0.15, 0.2) is 0 Å². The maximum absolute atomic E-state index is 10.2. The SMILES string of the molecule is CSc1ccc(C)c(O)c1CC1CCCCN1. The minimum absolute atomic E-state index is 0.490. The van der Waals surface area contributed by atoms with Crippen LogP contribution in [0.1, 0.15) is 30.4 Å². The van der Waals surface area contributed by atoms with E-state index in [4.69, 9.17) is 0 Å². The molecule has 0 radical (unpaired) electrons. The number of benzene rings is 1. The first-order valence-corrected chi connectivity index (χ1v) is 7.53. The van der Waals surface area contributed by atoms with Crippen molar-refractivity contribution in [1.82, 2.24) is 5.32 Å². The van der Waals surface area contributed by atoms with Crippen molar-refractivity contribution in [2.45, 2.75) is 43.5 Å². The van der Waals surface area contributed by atoms with Crippen LogP contribution in [0, 0.1) is 6.92 Å². The highest BCUT2D eigenvalue weighted by molar-refractivity contribution is 7.98. The van der Waals surface area contributed by atoms with E-state index in [2.05, 4.69) is 17.6 Å². The van der Waals surface area contributed by atoms with Gasteiger partial charge >= 0.3 is 0 Å². The Hall–Kier alpha value is -0.670. The zero-order chi connectivity index (χ0) is 12.3. The Bertz CT molecular complexity index is 386. The smallest absolute Gasteiger partial charge is 0.122 e. The number of nitrogens with one attached hydrogen (secondary N) is 1. The van der Waals surface area contributed by atoms with Gasteiger partial charge in [-0.25, -0.2) is 0 Å². The van der Waals surface area contributed by atoms with Gasteiger partial charge in [-0.2, -0.15) is 0 Å². The molecule has 1 heterocycles. The fourth-order valence-corrected chi connectivity index (χ4v) is 3.10. The number of phenols is 1. The van der Waals surface area contributed by atoms with Crippen molar-refractivity contribution in [3.05, 3.63) is 23.3 Å². The third-order valence-corrected chi connectivity index (χ3v) is 4.35. The molecule has 0 saturated carbocycles. The van der Waals surface area contributed by atoms with E-state index in [-0.39, 0.29) is 0 Å². The average Bonchev–Trinajstić information content (AvgIpc) is 2.37. The number of aromatic hydroxyl groups is 1. The molecule has 94 valence electrons. The van der Waals surface area contributed by atoms with Crippen molar-refractivity contribution < 1.29 is 5.11 Å². The molecule has 1 aliphatic rings. The highest BCUT2D eigenvalue weighted by atomic mass is 32.2. The van der Waals surface area contributed by atoms with Crippen LogP contribution in [-0.4, -0.2) is 23.9 Å². The molecule has 1 atom stereocenters. The maximum atomic E-state index is 10.2. The first-order chi connectivity index (χ1) is 8.22. The summed E-state index contributed by atoms with van der Waals surface area (Å²) in [4.78, 5) is 1.21. The molecule has 0 amide bonds. The van der Waals surface area contributed by atoms with Gasteiger partial charge in [-0.15, -0.1) is 11.8 Å². The van der Waals surface area contributed by atoms with E-state index < -0.39 is 0 Å². The summed E-state index contributed by atoms with van der Waals surface area (Å²) in [5, 5.41) is 13.7. The van der Waals surface area contributed by atoms with Crippen molar-refractivity contribution in [3.8, 4) is 5.75 Å². The van der Waals surface area contributed by atoms with Crippen LogP contribution in [0.2, 0.25) is 0 Å². The van der Waals surface area contributed by atoms with Crippen LogP contribution in [0.3, 0.4) is 0 Å². The van der Waals surface area contributed by atoms with Crippen molar-refractivity contribution in [3.63, 3.8) is 0 Å². The molecule has 3 heteroatoms. The number of piperidine rings is 1. The third-order valence-electron chi connectivity index (χ3n) is 3.52. The number of aryl methyl sites for hydroxylation is 1. The molecule has 1 saturated heterocycles. The molecule has 0 spiro atoms. The van der Waals surface area contributed by atoms with Crippen molar-refractivity contribution in [2.75, 3.05) is 12.8 Å². The largest absolute Gasteiger partial charge is 0.507 e. The lowest BCUT2D eigenvalue weighted by molar-refractivity contribution is 0.389. The molecule has 1 fully saturated rings. The van der Waals surface area contributed by atoms with E-state index in [0.29, 0.717) is 11.8 Å². The summed E-state index contributed by atoms with van der Waals surface area (Å²) in [5.41, 5.74) is 2.10. The van der Waals surface area contributed by atoms with Crippen LogP contribution < -0.4 is 5.32 Å². The quantitative estimate of drug-likeness (QED) is 0.810. The van der Waals surface area contributed by atoms with Crippen LogP contribution in [0.15, 0.2) is 17.0 Å². The van der Waals surface area contributed by atoms with Crippen LogP contribution in [0.5, 0.6) is 5.75 Å². The minimum atomic E-state index is 0.490. The number of thioether (sulfide) groups is 1. The molecule has 1 aromatic carbocycles. The van der Waals surface area contributed by atoms with Gasteiger partial charge < -0.3 is 10.4 Å². The molecule has 1 unspecified atom stereocenters. The third kappa shape index (κ3) is 2.96. The minimum Gasteiger partial charge on any atom is -0.507 e. The summed E-state index contributed by atoms with van der Waals surface area (Å²) in [6.07, 6.45) is 6.83. The molecule has 1 aromatic rings. The lowest BCUT2D eigenvalue weighted by atomic mass is 9.96. The molecule has 1 aliphatic heterocycles. The predicted molar refractivity (Wildman–Crippen MR) is 74.0 cm³/mol. The van der Waals surface area contributed by atoms with Crippen LogP contribution >= 0.6 is 11.8 Å². The van der Waals surface area contributed by atoms with Crippen molar-refractivity contribution in [2.24, 2.45) is 0 Å². The first-order valence-electron chi connectivity index (χ1n) is 6.31. The summed E-state index contributed by atoms with van der Waals surface area (Å²) < 4.78 is 0. The van der Waals surface area contributed by atoms with Gasteiger partial charge in [0.05, 0.1) is 0 Å². The Labute approximate surface area is 108 Å². The van der Waals surface area contributed by atoms with Gasteiger partial charge in [-0.05, 0) is 50.6 Å². The lowest BCUT2D eigenvalue weighted by Gasteiger charge is -2.25. The maximum Gasteiger partial charge on any atom is 0.122 e. The van der Waals surface area contributed by atoms with Crippen molar-refractivity contribution >= 4 is 11.8 Å². The second-order valence-corrected chi connectivity index (χ2v) is 5.61. The van der Waals surface area contributed by atoms with E-state index in [9.17, 15) is 5.11 Å². The topological polar surface area (TPSA) is 32.3 Å². The van der Waals surface area contributed by atoms with E-state index in [0.717, 1.165) is 24.1 Å². The molecule has 2 nitrogen and oxygen atoms in total. The Balaban J connectivity index is 2.20. The predicted octanol–water partition coefficient (Wildman–Crippen LogP) is 3.11. The molecule has 2 N–H and O–H groups in total. The average molecular weight is 251 g/mol. The fourth-order valence-electron chi connectivity index (χ4n) is 2.47. The van der Waals surface area contributed by atoms with Gasteiger partial charge in [0.1, 0.15) is 5.75 Å². The van der Waals surface area contributed by atoms with Gasteiger partial charge in [0.2, 0.25) is 0 Å². The normalized spacial score (nSPS) is 20.5. The molecular formula is C14H21NOS. The number of rotatable bonds is 3. The van der Waals surface area contributed by atoms with Gasteiger partial charge in [0.25, 0.3) is 0 Å². The molecular weight excluding hydrogens is 230 g/mol. The molecule has 17 heavy (non-hydrogen) atoms. The van der Waals surface area contributed by atoms with Crippen molar-refractivity contribution in [1.29, 1.82) is 0 Å². The van der Waals surface area contributed by atoms with Crippen LogP contribution in [-0.2, 0) is 6.42 Å². The Morgan fingerprint density at radius 2 is 2.24 bits per heavy atom. The van der Waals surface area contributed by atoms with E-state index >= 15 is 0 Å². The standard InChI is InChI=1S/C14H21NOS/c1-10-6-7-13(17-2)12(14(10)16)9-11-5-3-4-8-15-11/h6-7,11,15-16H,3-5,8-9H2,1-2H3. The summed E-state index contributed by atoms with van der Waals surface area (Å²) in [6, 6.07) is 4.65. The monoisotopic (exact) mass is 251 g/mol. The first kappa shape index (κ1) is 12.8. The summed E-state index contributed by atoms with van der Waals surface area (Å²) in [6.45, 7) is 3.09. The number of phenolic OH excluding ortho intramolecular Hbond substituents is 1. The zero-order valence-corrected chi connectivity index (χ0v) is 11.4. The summed E-state index contributed by atoms with van der Waals surface area (Å²) in [5.74, 6) is 0.490. The Morgan fingerprint density at radius 3 is 2.88 bits per heavy atom. The molecule has 0 aromatic heterocycles. The second kappa shape index (κ2) is 5.78. The highest BCUT2D eigenvalue weighted by Gasteiger charge is 2.18. The second-order valence-electron chi connectivity index (χ2n) is 4.76. The van der Waals surface area contributed by atoms with Crippen LogP contribution in [0.4, 0.5) is 0 Å². The molecule has 0 bridgehead atoms.